The van der Waals surface area contributed by atoms with E-state index in [-0.39, 0.29) is 23.7 Å². The summed E-state index contributed by atoms with van der Waals surface area (Å²) in [5.41, 5.74) is 2.43. The molecule has 136 valence electrons. The van der Waals surface area contributed by atoms with Crippen molar-refractivity contribution in [2.45, 2.75) is 52.1 Å². The Morgan fingerprint density at radius 2 is 1.88 bits per heavy atom. The molecule has 0 radical (unpaired) electrons. The van der Waals surface area contributed by atoms with Crippen LogP contribution in [0.5, 0.6) is 0 Å². The second kappa shape index (κ2) is 7.76. The molecule has 0 aliphatic heterocycles. The fourth-order valence-corrected chi connectivity index (χ4v) is 2.56. The lowest BCUT2D eigenvalue weighted by Gasteiger charge is -2.19. The van der Waals surface area contributed by atoms with Gasteiger partial charge in [-0.15, -0.1) is 0 Å². The van der Waals surface area contributed by atoms with E-state index in [1.165, 1.54) is 22.9 Å². The zero-order chi connectivity index (χ0) is 18.6. The molecule has 0 saturated heterocycles. The van der Waals surface area contributed by atoms with Crippen LogP contribution in [0.25, 0.3) is 0 Å². The Morgan fingerprint density at radius 1 is 1.24 bits per heavy atom. The maximum Gasteiger partial charge on any atom is 0.319 e. The SMILES string of the molecule is CN(Cc1nccn1C(F)F)C(=O)CCc1ccc(C(C)(C)C)cc1. The van der Waals surface area contributed by atoms with Gasteiger partial charge in [-0.3, -0.25) is 9.36 Å². The molecule has 0 bridgehead atoms. The van der Waals surface area contributed by atoms with Gasteiger partial charge in [0.2, 0.25) is 5.91 Å². The first kappa shape index (κ1) is 19.1. The predicted molar refractivity (Wildman–Crippen MR) is 93.4 cm³/mol. The van der Waals surface area contributed by atoms with E-state index in [2.05, 4.69) is 37.9 Å². The molecule has 0 unspecified atom stereocenters. The molecule has 0 aliphatic rings. The monoisotopic (exact) mass is 349 g/mol. The van der Waals surface area contributed by atoms with E-state index >= 15 is 0 Å². The molecule has 0 atom stereocenters. The van der Waals surface area contributed by atoms with Gasteiger partial charge in [0.25, 0.3) is 0 Å². The average Bonchev–Trinajstić information content (AvgIpc) is 3.00. The van der Waals surface area contributed by atoms with E-state index in [1.807, 2.05) is 12.1 Å². The zero-order valence-electron chi connectivity index (χ0n) is 15.2. The highest BCUT2D eigenvalue weighted by Crippen LogP contribution is 2.22. The van der Waals surface area contributed by atoms with Crippen molar-refractivity contribution in [2.75, 3.05) is 7.05 Å². The minimum absolute atomic E-state index is 0.0686. The quantitative estimate of drug-likeness (QED) is 0.785. The summed E-state index contributed by atoms with van der Waals surface area (Å²) in [6.07, 6.45) is 3.49. The smallest absolute Gasteiger partial charge is 0.319 e. The number of carbonyl (C=O) groups is 1. The van der Waals surface area contributed by atoms with Crippen LogP contribution in [0.3, 0.4) is 0 Å². The minimum Gasteiger partial charge on any atom is -0.338 e. The van der Waals surface area contributed by atoms with Crippen LogP contribution < -0.4 is 0 Å². The van der Waals surface area contributed by atoms with Crippen molar-refractivity contribution in [3.05, 3.63) is 53.6 Å². The number of amides is 1. The number of alkyl halides is 2. The summed E-state index contributed by atoms with van der Waals surface area (Å²) in [6.45, 7) is 3.89. The maximum absolute atomic E-state index is 12.8. The Bertz CT molecular complexity index is 702. The van der Waals surface area contributed by atoms with Crippen molar-refractivity contribution in [1.29, 1.82) is 0 Å². The normalized spacial score (nSPS) is 11.8. The van der Waals surface area contributed by atoms with E-state index in [4.69, 9.17) is 0 Å². The third kappa shape index (κ3) is 5.11. The molecular weight excluding hydrogens is 324 g/mol. The fourth-order valence-electron chi connectivity index (χ4n) is 2.56. The van der Waals surface area contributed by atoms with Crippen LogP contribution in [0.2, 0.25) is 0 Å². The lowest BCUT2D eigenvalue weighted by atomic mass is 9.86. The molecule has 25 heavy (non-hydrogen) atoms. The summed E-state index contributed by atoms with van der Waals surface area (Å²) in [5, 5.41) is 0. The lowest BCUT2D eigenvalue weighted by molar-refractivity contribution is -0.130. The molecule has 0 spiro atoms. The molecule has 0 saturated carbocycles. The van der Waals surface area contributed by atoms with Gasteiger partial charge in [0.15, 0.2) is 0 Å². The molecule has 1 heterocycles. The number of carbonyl (C=O) groups excluding carboxylic acids is 1. The van der Waals surface area contributed by atoms with Crippen LogP contribution in [-0.2, 0) is 23.2 Å². The van der Waals surface area contributed by atoms with E-state index in [9.17, 15) is 13.6 Å². The number of rotatable bonds is 6. The van der Waals surface area contributed by atoms with E-state index < -0.39 is 6.55 Å². The van der Waals surface area contributed by atoms with Gasteiger partial charge >= 0.3 is 6.55 Å². The number of halogens is 2. The Balaban J connectivity index is 1.90. The van der Waals surface area contributed by atoms with E-state index in [1.54, 1.807) is 7.05 Å². The van der Waals surface area contributed by atoms with Crippen molar-refractivity contribution in [3.8, 4) is 0 Å². The van der Waals surface area contributed by atoms with E-state index in [0.29, 0.717) is 12.8 Å². The van der Waals surface area contributed by atoms with Crippen LogP contribution in [-0.4, -0.2) is 27.4 Å². The summed E-state index contributed by atoms with van der Waals surface area (Å²) in [5.74, 6) is 0.0871. The summed E-state index contributed by atoms with van der Waals surface area (Å²) < 4.78 is 26.4. The van der Waals surface area contributed by atoms with Crippen LogP contribution in [0.4, 0.5) is 8.78 Å². The van der Waals surface area contributed by atoms with Crippen LogP contribution in [0, 0.1) is 0 Å². The van der Waals surface area contributed by atoms with Gasteiger partial charge in [-0.05, 0) is 23.0 Å². The molecule has 0 fully saturated rings. The predicted octanol–water partition coefficient (Wildman–Crippen LogP) is 4.17. The van der Waals surface area contributed by atoms with Crippen LogP contribution in [0.15, 0.2) is 36.7 Å². The first-order valence-electron chi connectivity index (χ1n) is 8.31. The highest BCUT2D eigenvalue weighted by atomic mass is 19.3. The number of nitrogens with zero attached hydrogens (tertiary/aromatic N) is 3. The highest BCUT2D eigenvalue weighted by Gasteiger charge is 2.16. The Labute approximate surface area is 147 Å². The minimum atomic E-state index is -2.65. The number of aryl methyl sites for hydroxylation is 1. The molecule has 2 aromatic rings. The van der Waals surface area contributed by atoms with Gasteiger partial charge in [-0.1, -0.05) is 45.0 Å². The summed E-state index contributed by atoms with van der Waals surface area (Å²) in [4.78, 5) is 17.6. The second-order valence-electron chi connectivity index (χ2n) is 7.23. The maximum atomic E-state index is 12.8. The number of hydrogen-bond donors (Lipinski definition) is 0. The highest BCUT2D eigenvalue weighted by molar-refractivity contribution is 5.76. The van der Waals surface area contributed by atoms with Crippen molar-refractivity contribution < 1.29 is 13.6 Å². The second-order valence-corrected chi connectivity index (χ2v) is 7.23. The standard InChI is InChI=1S/C19H25F2N3O/c1-19(2,3)15-8-5-14(6-9-15)7-10-17(25)23(4)13-16-22-11-12-24(16)18(20)21/h5-6,8-9,11-12,18H,7,10,13H2,1-4H3. The lowest BCUT2D eigenvalue weighted by Crippen LogP contribution is -2.28. The topological polar surface area (TPSA) is 38.1 Å². The van der Waals surface area contributed by atoms with Crippen molar-refractivity contribution in [2.24, 2.45) is 0 Å². The van der Waals surface area contributed by atoms with Gasteiger partial charge in [0, 0.05) is 25.9 Å². The van der Waals surface area contributed by atoms with E-state index in [0.717, 1.165) is 10.1 Å². The third-order valence-corrected chi connectivity index (χ3v) is 4.21. The molecule has 2 rings (SSSR count). The number of imidazole rings is 1. The van der Waals surface area contributed by atoms with Crippen LogP contribution >= 0.6 is 0 Å². The molecule has 4 nitrogen and oxygen atoms in total. The average molecular weight is 349 g/mol. The Hall–Kier alpha value is -2.24. The molecule has 1 aromatic carbocycles. The van der Waals surface area contributed by atoms with Crippen molar-refractivity contribution in [3.63, 3.8) is 0 Å². The fraction of sp³-hybridized carbons (Fsp3) is 0.474. The van der Waals surface area contributed by atoms with Crippen molar-refractivity contribution >= 4 is 5.91 Å². The largest absolute Gasteiger partial charge is 0.338 e. The van der Waals surface area contributed by atoms with Gasteiger partial charge < -0.3 is 4.90 Å². The summed E-state index contributed by atoms with van der Waals surface area (Å²) >= 11 is 0. The first-order valence-corrected chi connectivity index (χ1v) is 8.31. The summed E-state index contributed by atoms with van der Waals surface area (Å²) in [6, 6.07) is 8.25. The molecule has 1 amide bonds. The molecular formula is C19H25F2N3O. The molecule has 0 N–H and O–H groups in total. The Morgan fingerprint density at radius 3 is 2.44 bits per heavy atom. The van der Waals surface area contributed by atoms with Gasteiger partial charge in [0.05, 0.1) is 6.54 Å². The molecule has 6 heteroatoms. The third-order valence-electron chi connectivity index (χ3n) is 4.21. The van der Waals surface area contributed by atoms with Gasteiger partial charge in [0.1, 0.15) is 5.82 Å². The number of benzene rings is 1. The molecule has 1 aromatic heterocycles. The summed E-state index contributed by atoms with van der Waals surface area (Å²) in [7, 11) is 1.61. The van der Waals surface area contributed by atoms with Crippen LogP contribution in [0.1, 0.15) is 50.7 Å². The van der Waals surface area contributed by atoms with Gasteiger partial charge in [-0.2, -0.15) is 8.78 Å². The number of aromatic nitrogens is 2. The van der Waals surface area contributed by atoms with Gasteiger partial charge in [-0.25, -0.2) is 4.98 Å². The Kier molecular flexibility index (Phi) is 5.93. The first-order chi connectivity index (χ1) is 11.7. The number of hydrogen-bond acceptors (Lipinski definition) is 2. The molecule has 0 aliphatic carbocycles. The van der Waals surface area contributed by atoms with Crippen molar-refractivity contribution in [1.82, 2.24) is 14.5 Å². The zero-order valence-corrected chi connectivity index (χ0v) is 15.2.